The van der Waals surface area contributed by atoms with Gasteiger partial charge in [-0.15, -0.1) is 0 Å². The summed E-state index contributed by atoms with van der Waals surface area (Å²) in [5.41, 5.74) is 0.538. The Balaban J connectivity index is 2.26. The lowest BCUT2D eigenvalue weighted by atomic mass is 10.2. The molecule has 0 bridgehead atoms. The normalized spacial score (nSPS) is 12.0. The summed E-state index contributed by atoms with van der Waals surface area (Å²) < 4.78 is 66.3. The Morgan fingerprint density at radius 1 is 0.762 bits per heavy atom. The first-order chi connectivity index (χ1) is 9.79. The highest BCUT2D eigenvalue weighted by molar-refractivity contribution is 5.66. The van der Waals surface area contributed by atoms with Crippen molar-refractivity contribution in [2.45, 2.75) is 12.3 Å². The van der Waals surface area contributed by atoms with Crippen LogP contribution in [0.3, 0.4) is 0 Å². The molecule has 0 aliphatic rings. The van der Waals surface area contributed by atoms with Gasteiger partial charge in [-0.05, 0) is 24.3 Å². The zero-order chi connectivity index (χ0) is 15.5. The van der Waals surface area contributed by atoms with Gasteiger partial charge in [0, 0.05) is 5.69 Å². The lowest BCUT2D eigenvalue weighted by Crippen LogP contribution is -2.42. The molecule has 21 heavy (non-hydrogen) atoms. The zero-order valence-corrected chi connectivity index (χ0v) is 10.5. The standard InChI is InChI=1S/C14H10F5NO/c15-13(16,17)14(18,19)21-12-9-5-4-8-11(12)20-10-6-2-1-3-7-10/h1-9,20H. The summed E-state index contributed by atoms with van der Waals surface area (Å²) in [6, 6.07) is 13.6. The molecule has 0 saturated carbocycles. The fraction of sp³-hybridized carbons (Fsp3) is 0.143. The van der Waals surface area contributed by atoms with E-state index >= 15 is 0 Å². The number of nitrogens with one attached hydrogen (secondary N) is 1. The van der Waals surface area contributed by atoms with Crippen LogP contribution in [-0.2, 0) is 0 Å². The molecular weight excluding hydrogens is 293 g/mol. The number of benzene rings is 2. The molecule has 1 N–H and O–H groups in total. The van der Waals surface area contributed by atoms with E-state index in [4.69, 9.17) is 0 Å². The van der Waals surface area contributed by atoms with Crippen molar-refractivity contribution in [1.29, 1.82) is 0 Å². The highest BCUT2D eigenvalue weighted by Gasteiger charge is 2.61. The SMILES string of the molecule is FC(F)(F)C(F)(F)Oc1ccccc1Nc1ccccc1. The van der Waals surface area contributed by atoms with Crippen LogP contribution in [0.25, 0.3) is 0 Å². The van der Waals surface area contributed by atoms with Gasteiger partial charge in [-0.2, -0.15) is 22.0 Å². The molecule has 0 aliphatic carbocycles. The first kappa shape index (κ1) is 15.1. The molecule has 0 radical (unpaired) electrons. The molecule has 2 rings (SSSR count). The fourth-order valence-corrected chi connectivity index (χ4v) is 1.53. The number of hydrogen-bond donors (Lipinski definition) is 1. The van der Waals surface area contributed by atoms with Crippen molar-refractivity contribution in [2.24, 2.45) is 0 Å². The maximum atomic E-state index is 13.0. The highest BCUT2D eigenvalue weighted by Crippen LogP contribution is 2.39. The number of anilines is 2. The first-order valence-electron chi connectivity index (χ1n) is 5.84. The molecule has 0 spiro atoms. The Hall–Kier alpha value is -2.31. The maximum Gasteiger partial charge on any atom is 0.499 e. The van der Waals surface area contributed by atoms with E-state index in [1.165, 1.54) is 18.2 Å². The third kappa shape index (κ3) is 3.62. The van der Waals surface area contributed by atoms with E-state index in [1.807, 2.05) is 0 Å². The number of ether oxygens (including phenoxy) is 1. The van der Waals surface area contributed by atoms with Gasteiger partial charge in [0.1, 0.15) is 5.75 Å². The molecule has 112 valence electrons. The lowest BCUT2D eigenvalue weighted by molar-refractivity contribution is -0.360. The molecule has 0 unspecified atom stereocenters. The van der Waals surface area contributed by atoms with Crippen molar-refractivity contribution < 1.29 is 26.7 Å². The molecule has 0 heterocycles. The van der Waals surface area contributed by atoms with Crippen LogP contribution >= 0.6 is 0 Å². The summed E-state index contributed by atoms with van der Waals surface area (Å²) in [5, 5.41) is 2.72. The summed E-state index contributed by atoms with van der Waals surface area (Å²) in [4.78, 5) is 0. The van der Waals surface area contributed by atoms with E-state index in [0.717, 1.165) is 6.07 Å². The van der Waals surface area contributed by atoms with Crippen LogP contribution in [-0.4, -0.2) is 12.3 Å². The van der Waals surface area contributed by atoms with Crippen molar-refractivity contribution in [3.05, 3.63) is 54.6 Å². The first-order valence-corrected chi connectivity index (χ1v) is 5.84. The monoisotopic (exact) mass is 303 g/mol. The number of halogens is 5. The van der Waals surface area contributed by atoms with Gasteiger partial charge < -0.3 is 10.1 Å². The second-order valence-electron chi connectivity index (χ2n) is 4.10. The van der Waals surface area contributed by atoms with E-state index < -0.39 is 18.0 Å². The zero-order valence-electron chi connectivity index (χ0n) is 10.5. The third-order valence-electron chi connectivity index (χ3n) is 2.51. The van der Waals surface area contributed by atoms with Crippen molar-refractivity contribution in [3.8, 4) is 5.75 Å². The summed E-state index contributed by atoms with van der Waals surface area (Å²) in [7, 11) is 0. The van der Waals surface area contributed by atoms with Gasteiger partial charge in [-0.1, -0.05) is 30.3 Å². The van der Waals surface area contributed by atoms with Crippen LogP contribution in [0.1, 0.15) is 0 Å². The molecule has 0 aliphatic heterocycles. The predicted molar refractivity (Wildman–Crippen MR) is 67.8 cm³/mol. The van der Waals surface area contributed by atoms with Crippen LogP contribution in [0, 0.1) is 0 Å². The maximum absolute atomic E-state index is 13.0. The number of rotatable bonds is 4. The molecule has 7 heteroatoms. The molecule has 0 fully saturated rings. The molecular formula is C14H10F5NO. The molecule has 2 aromatic carbocycles. The van der Waals surface area contributed by atoms with Crippen molar-refractivity contribution in [1.82, 2.24) is 0 Å². The molecule has 0 aromatic heterocycles. The Kier molecular flexibility index (Phi) is 4.02. The van der Waals surface area contributed by atoms with Crippen LogP contribution < -0.4 is 10.1 Å². The summed E-state index contributed by atoms with van der Waals surface area (Å²) in [6.07, 6.45) is -11.0. The van der Waals surface area contributed by atoms with Crippen LogP contribution in [0.2, 0.25) is 0 Å². The van der Waals surface area contributed by atoms with Crippen LogP contribution in [0.4, 0.5) is 33.3 Å². The molecule has 2 aromatic rings. The van der Waals surface area contributed by atoms with Crippen molar-refractivity contribution >= 4 is 11.4 Å². The summed E-state index contributed by atoms with van der Waals surface area (Å²) >= 11 is 0. The van der Waals surface area contributed by atoms with Crippen LogP contribution in [0.15, 0.2) is 54.6 Å². The van der Waals surface area contributed by atoms with Crippen molar-refractivity contribution in [2.75, 3.05) is 5.32 Å². The third-order valence-corrected chi connectivity index (χ3v) is 2.51. The Labute approximate surface area is 117 Å². The number of hydrogen-bond acceptors (Lipinski definition) is 2. The van der Waals surface area contributed by atoms with E-state index in [0.29, 0.717) is 5.69 Å². The second-order valence-corrected chi connectivity index (χ2v) is 4.10. The van der Waals surface area contributed by atoms with Gasteiger partial charge in [-0.3, -0.25) is 0 Å². The van der Waals surface area contributed by atoms with Gasteiger partial charge in [0.25, 0.3) is 0 Å². The number of para-hydroxylation sites is 3. The van der Waals surface area contributed by atoms with E-state index in [1.54, 1.807) is 30.3 Å². The van der Waals surface area contributed by atoms with E-state index in [2.05, 4.69) is 10.1 Å². The van der Waals surface area contributed by atoms with Crippen LogP contribution in [0.5, 0.6) is 5.75 Å². The molecule has 0 atom stereocenters. The summed E-state index contributed by atoms with van der Waals surface area (Å²) in [5.74, 6) is -0.594. The van der Waals surface area contributed by atoms with Gasteiger partial charge in [0.15, 0.2) is 0 Å². The molecule has 0 amide bonds. The quantitative estimate of drug-likeness (QED) is 0.806. The Morgan fingerprint density at radius 2 is 1.33 bits per heavy atom. The minimum atomic E-state index is -5.78. The van der Waals surface area contributed by atoms with Gasteiger partial charge in [0.05, 0.1) is 5.69 Å². The second kappa shape index (κ2) is 5.59. The average molecular weight is 303 g/mol. The van der Waals surface area contributed by atoms with Gasteiger partial charge >= 0.3 is 12.3 Å². The Morgan fingerprint density at radius 3 is 1.95 bits per heavy atom. The van der Waals surface area contributed by atoms with E-state index in [-0.39, 0.29) is 5.69 Å². The topological polar surface area (TPSA) is 21.3 Å². The average Bonchev–Trinajstić information content (AvgIpc) is 2.40. The number of alkyl halides is 5. The highest BCUT2D eigenvalue weighted by atomic mass is 19.4. The minimum Gasteiger partial charge on any atom is -0.424 e. The Bertz CT molecular complexity index is 598. The van der Waals surface area contributed by atoms with E-state index in [9.17, 15) is 22.0 Å². The van der Waals surface area contributed by atoms with Gasteiger partial charge in [0.2, 0.25) is 0 Å². The van der Waals surface area contributed by atoms with Gasteiger partial charge in [-0.25, -0.2) is 0 Å². The summed E-state index contributed by atoms with van der Waals surface area (Å²) in [6.45, 7) is 0. The largest absolute Gasteiger partial charge is 0.499 e. The predicted octanol–water partition coefficient (Wildman–Crippen LogP) is 4.96. The lowest BCUT2D eigenvalue weighted by Gasteiger charge is -2.22. The molecule has 0 saturated heterocycles. The smallest absolute Gasteiger partial charge is 0.424 e. The molecule has 2 nitrogen and oxygen atoms in total. The fourth-order valence-electron chi connectivity index (χ4n) is 1.53. The minimum absolute atomic E-state index is 0.00706. The van der Waals surface area contributed by atoms with Crippen molar-refractivity contribution in [3.63, 3.8) is 0 Å².